The smallest absolute Gasteiger partial charge is 0.150 e. The Balaban J connectivity index is 0.000000177. The van der Waals surface area contributed by atoms with Crippen LogP contribution in [-0.4, -0.2) is 12.6 Å². The number of hydrogen-bond acceptors (Lipinski definition) is 4. The third kappa shape index (κ3) is 7.36. The average molecular weight is 575 g/mol. The molecule has 0 saturated carbocycles. The predicted molar refractivity (Wildman–Crippen MR) is 182 cm³/mol. The summed E-state index contributed by atoms with van der Waals surface area (Å²) in [4.78, 5) is 26.1. The molecule has 0 aliphatic heterocycles. The van der Waals surface area contributed by atoms with E-state index in [1.165, 1.54) is 28.2 Å². The number of nitrogens with zero attached hydrogens (tertiary/aromatic N) is 2. The van der Waals surface area contributed by atoms with Crippen LogP contribution in [0.25, 0.3) is 0 Å². The van der Waals surface area contributed by atoms with Crippen molar-refractivity contribution in [2.24, 2.45) is 0 Å². The molecule has 0 N–H and O–H groups in total. The minimum absolute atomic E-state index is 0.638. The van der Waals surface area contributed by atoms with Gasteiger partial charge in [0.15, 0.2) is 0 Å². The molecule has 0 amide bonds. The lowest BCUT2D eigenvalue weighted by atomic mass is 10.1. The van der Waals surface area contributed by atoms with Gasteiger partial charge in [-0.3, -0.25) is 9.59 Å². The summed E-state index contributed by atoms with van der Waals surface area (Å²) in [6.07, 6.45) is 1.66. The molecule has 44 heavy (non-hydrogen) atoms. The second-order valence-corrected chi connectivity index (χ2v) is 10.4. The third-order valence-corrected chi connectivity index (χ3v) is 7.19. The van der Waals surface area contributed by atoms with E-state index >= 15 is 0 Å². The fourth-order valence-electron chi connectivity index (χ4n) is 4.84. The summed E-state index contributed by atoms with van der Waals surface area (Å²) in [6, 6.07) is 52.6. The summed E-state index contributed by atoms with van der Waals surface area (Å²) in [5.74, 6) is 0. The van der Waals surface area contributed by atoms with Crippen LogP contribution in [0.5, 0.6) is 0 Å². The maximum atomic E-state index is 10.9. The van der Waals surface area contributed by atoms with Gasteiger partial charge in [0.1, 0.15) is 12.6 Å². The zero-order valence-corrected chi connectivity index (χ0v) is 24.9. The lowest BCUT2D eigenvalue weighted by molar-refractivity contribution is 0.111. The lowest BCUT2D eigenvalue weighted by Gasteiger charge is -2.25. The first-order valence-corrected chi connectivity index (χ1v) is 14.5. The van der Waals surface area contributed by atoms with Gasteiger partial charge in [0.2, 0.25) is 0 Å². The number of hydrogen-bond donors (Lipinski definition) is 0. The Labute approximate surface area is 259 Å². The van der Waals surface area contributed by atoms with Crippen LogP contribution in [0.1, 0.15) is 31.8 Å². The number of benzene rings is 6. The van der Waals surface area contributed by atoms with Crippen LogP contribution in [0.4, 0.5) is 34.1 Å². The molecule has 6 aromatic carbocycles. The average Bonchev–Trinajstić information content (AvgIpc) is 3.09. The number of aryl methyl sites for hydroxylation is 2. The molecule has 0 unspecified atom stereocenters. The Morgan fingerprint density at radius 3 is 0.864 bits per heavy atom. The third-order valence-electron chi connectivity index (χ3n) is 7.19. The Morgan fingerprint density at radius 2 is 0.591 bits per heavy atom. The fraction of sp³-hybridized carbons (Fsp3) is 0.0500. The summed E-state index contributed by atoms with van der Waals surface area (Å²) in [5.41, 5.74) is 10.2. The van der Waals surface area contributed by atoms with Crippen LogP contribution < -0.4 is 9.80 Å². The molecule has 0 spiro atoms. The molecule has 4 heteroatoms. The minimum Gasteiger partial charge on any atom is -0.311 e. The number of anilines is 6. The van der Waals surface area contributed by atoms with Crippen molar-refractivity contribution in [1.29, 1.82) is 0 Å². The van der Waals surface area contributed by atoms with E-state index in [0.717, 1.165) is 29.6 Å². The molecule has 4 nitrogen and oxygen atoms in total. The van der Waals surface area contributed by atoms with Crippen LogP contribution in [0, 0.1) is 13.8 Å². The van der Waals surface area contributed by atoms with Gasteiger partial charge in [0, 0.05) is 45.3 Å². The summed E-state index contributed by atoms with van der Waals surface area (Å²) < 4.78 is 0. The normalized spacial score (nSPS) is 10.2. The van der Waals surface area contributed by atoms with Crippen molar-refractivity contribution in [3.63, 3.8) is 0 Å². The van der Waals surface area contributed by atoms with E-state index in [9.17, 15) is 9.59 Å². The summed E-state index contributed by atoms with van der Waals surface area (Å²) in [7, 11) is 0. The van der Waals surface area contributed by atoms with E-state index in [-0.39, 0.29) is 0 Å². The minimum atomic E-state index is 0.638. The molecule has 6 rings (SSSR count). The van der Waals surface area contributed by atoms with Gasteiger partial charge in [-0.15, -0.1) is 0 Å². The number of aldehydes is 2. The van der Waals surface area contributed by atoms with Gasteiger partial charge in [-0.2, -0.15) is 0 Å². The van der Waals surface area contributed by atoms with Crippen LogP contribution in [-0.2, 0) is 0 Å². The monoisotopic (exact) mass is 574 g/mol. The summed E-state index contributed by atoms with van der Waals surface area (Å²) in [5, 5.41) is 0. The number of para-hydroxylation sites is 2. The maximum absolute atomic E-state index is 10.9. The molecule has 0 saturated heterocycles. The van der Waals surface area contributed by atoms with Crippen LogP contribution in [0.3, 0.4) is 0 Å². The molecule has 6 aromatic rings. The molecule has 0 radical (unpaired) electrons. The quantitative estimate of drug-likeness (QED) is 0.170. The van der Waals surface area contributed by atoms with E-state index in [1.54, 1.807) is 24.3 Å². The first-order chi connectivity index (χ1) is 21.6. The highest BCUT2D eigenvalue weighted by molar-refractivity contribution is 5.82. The second-order valence-electron chi connectivity index (χ2n) is 10.4. The largest absolute Gasteiger partial charge is 0.311 e. The SMILES string of the molecule is Cc1ccc(N(c2ccc(C=O)cc2)c2ccc(C=O)cc2)cc1.Cc1ccc(N(c2ccccc2)c2ccccc2)cc1. The summed E-state index contributed by atoms with van der Waals surface area (Å²) in [6.45, 7) is 4.16. The Bertz CT molecular complexity index is 1670. The van der Waals surface area contributed by atoms with Gasteiger partial charge in [-0.25, -0.2) is 0 Å². The molecule has 0 atom stereocenters. The van der Waals surface area contributed by atoms with Crippen molar-refractivity contribution in [3.8, 4) is 0 Å². The number of carbonyl (C=O) groups excluding carboxylic acids is 2. The van der Waals surface area contributed by atoms with Crippen molar-refractivity contribution in [3.05, 3.63) is 180 Å². The molecule has 0 heterocycles. The highest BCUT2D eigenvalue weighted by Crippen LogP contribution is 2.35. The molecular formula is C40H34N2O2. The molecule has 0 fully saturated rings. The molecule has 0 bridgehead atoms. The first-order valence-electron chi connectivity index (χ1n) is 14.5. The van der Waals surface area contributed by atoms with Crippen LogP contribution in [0.15, 0.2) is 158 Å². The van der Waals surface area contributed by atoms with Crippen molar-refractivity contribution in [2.45, 2.75) is 13.8 Å². The lowest BCUT2D eigenvalue weighted by Crippen LogP contribution is -2.10. The Hall–Kier alpha value is -5.74. The van der Waals surface area contributed by atoms with Gasteiger partial charge in [-0.1, -0.05) is 71.8 Å². The van der Waals surface area contributed by atoms with E-state index in [2.05, 4.69) is 114 Å². The predicted octanol–water partition coefficient (Wildman–Crippen LogP) is 10.6. The van der Waals surface area contributed by atoms with Crippen molar-refractivity contribution >= 4 is 46.7 Å². The van der Waals surface area contributed by atoms with Crippen molar-refractivity contribution < 1.29 is 9.59 Å². The van der Waals surface area contributed by atoms with Gasteiger partial charge < -0.3 is 9.80 Å². The van der Waals surface area contributed by atoms with E-state index in [1.807, 2.05) is 43.3 Å². The number of carbonyl (C=O) groups is 2. The van der Waals surface area contributed by atoms with E-state index in [4.69, 9.17) is 0 Å². The molecule has 216 valence electrons. The topological polar surface area (TPSA) is 40.6 Å². The first kappa shape index (κ1) is 29.7. The van der Waals surface area contributed by atoms with Gasteiger partial charge in [0.05, 0.1) is 0 Å². The molecule has 0 aliphatic rings. The summed E-state index contributed by atoms with van der Waals surface area (Å²) >= 11 is 0. The Morgan fingerprint density at radius 1 is 0.341 bits per heavy atom. The van der Waals surface area contributed by atoms with Crippen molar-refractivity contribution in [2.75, 3.05) is 9.80 Å². The highest BCUT2D eigenvalue weighted by Gasteiger charge is 2.13. The zero-order chi connectivity index (χ0) is 30.7. The van der Waals surface area contributed by atoms with Gasteiger partial charge in [0.25, 0.3) is 0 Å². The van der Waals surface area contributed by atoms with Crippen molar-refractivity contribution in [1.82, 2.24) is 0 Å². The van der Waals surface area contributed by atoms with Gasteiger partial charge >= 0.3 is 0 Å². The van der Waals surface area contributed by atoms with Crippen LogP contribution in [0.2, 0.25) is 0 Å². The molecular weight excluding hydrogens is 540 g/mol. The molecule has 0 aliphatic carbocycles. The highest BCUT2D eigenvalue weighted by atomic mass is 16.1. The fourth-order valence-corrected chi connectivity index (χ4v) is 4.84. The van der Waals surface area contributed by atoms with Gasteiger partial charge in [-0.05, 0) is 111 Å². The maximum Gasteiger partial charge on any atom is 0.150 e. The van der Waals surface area contributed by atoms with Crippen LogP contribution >= 0.6 is 0 Å². The Kier molecular flexibility index (Phi) is 9.76. The second kappa shape index (κ2) is 14.4. The zero-order valence-electron chi connectivity index (χ0n) is 24.9. The number of rotatable bonds is 8. The van der Waals surface area contributed by atoms with E-state index in [0.29, 0.717) is 11.1 Å². The molecule has 0 aromatic heterocycles. The standard InChI is InChI=1S/C21H17NO2.C19H17N/c1-16-2-8-19(9-3-16)22(20-10-4-17(14-23)5-11-20)21-12-6-18(15-24)7-13-21;1-16-12-14-19(15-13-16)20(17-8-4-2-5-9-17)18-10-6-3-7-11-18/h2-15H,1H3;2-15H,1H3. The van der Waals surface area contributed by atoms with E-state index < -0.39 is 0 Å².